The van der Waals surface area contributed by atoms with Crippen molar-refractivity contribution in [3.8, 4) is 5.75 Å². The van der Waals surface area contributed by atoms with E-state index >= 15 is 0 Å². The predicted octanol–water partition coefficient (Wildman–Crippen LogP) is 4.12. The molecule has 0 radical (unpaired) electrons. The molecule has 2 nitrogen and oxygen atoms in total. The standard InChI is InChI=1S/C12H19O2P.ClH/c1-3-4-8-12(14-15)13-11-7-5-6-10(2)9-11;/h5-7,9,12H,3-4,8,15H2,1-2H3;1H. The summed E-state index contributed by atoms with van der Waals surface area (Å²) in [7, 11) is 2.27. The number of aryl methyl sites for hydroxylation is 1. The van der Waals surface area contributed by atoms with Crippen LogP contribution in [0.5, 0.6) is 5.75 Å². The van der Waals surface area contributed by atoms with E-state index in [2.05, 4.69) is 29.4 Å². The molecule has 0 saturated heterocycles. The maximum atomic E-state index is 5.70. The summed E-state index contributed by atoms with van der Waals surface area (Å²) in [6.45, 7) is 4.21. The molecule has 0 heterocycles. The van der Waals surface area contributed by atoms with Crippen molar-refractivity contribution in [2.45, 2.75) is 39.4 Å². The molecular weight excluding hydrogens is 243 g/mol. The Balaban J connectivity index is 0.00000225. The summed E-state index contributed by atoms with van der Waals surface area (Å²) in [5.41, 5.74) is 1.20. The van der Waals surface area contributed by atoms with Crippen molar-refractivity contribution in [1.29, 1.82) is 0 Å². The van der Waals surface area contributed by atoms with Gasteiger partial charge in [0.25, 0.3) is 0 Å². The number of halogens is 1. The molecule has 0 bridgehead atoms. The highest BCUT2D eigenvalue weighted by atomic mass is 35.5. The van der Waals surface area contributed by atoms with Crippen molar-refractivity contribution in [2.24, 2.45) is 0 Å². The van der Waals surface area contributed by atoms with E-state index in [-0.39, 0.29) is 18.7 Å². The van der Waals surface area contributed by atoms with Crippen LogP contribution in [0.3, 0.4) is 0 Å². The Labute approximate surface area is 106 Å². The first-order valence-electron chi connectivity index (χ1n) is 5.35. The molecule has 2 atom stereocenters. The average molecular weight is 263 g/mol. The first kappa shape index (κ1) is 15.7. The lowest BCUT2D eigenvalue weighted by molar-refractivity contribution is 0.0131. The smallest absolute Gasteiger partial charge is 0.202 e. The third-order valence-corrected chi connectivity index (χ3v) is 2.51. The van der Waals surface area contributed by atoms with E-state index in [1.54, 1.807) is 0 Å². The highest BCUT2D eigenvalue weighted by Crippen LogP contribution is 2.18. The van der Waals surface area contributed by atoms with Gasteiger partial charge in [-0.2, -0.15) is 0 Å². The average Bonchev–Trinajstić information content (AvgIpc) is 2.24. The van der Waals surface area contributed by atoms with Gasteiger partial charge in [-0.15, -0.1) is 12.4 Å². The van der Waals surface area contributed by atoms with Gasteiger partial charge in [0.2, 0.25) is 6.29 Å². The molecule has 0 saturated carbocycles. The monoisotopic (exact) mass is 262 g/mol. The molecule has 2 unspecified atom stereocenters. The molecular formula is C12H20ClO2P. The minimum Gasteiger partial charge on any atom is -0.465 e. The number of rotatable bonds is 6. The van der Waals surface area contributed by atoms with Crippen molar-refractivity contribution in [3.63, 3.8) is 0 Å². The van der Waals surface area contributed by atoms with Crippen LogP contribution in [-0.2, 0) is 4.52 Å². The normalized spacial score (nSPS) is 11.7. The van der Waals surface area contributed by atoms with Gasteiger partial charge in [0, 0.05) is 15.9 Å². The maximum absolute atomic E-state index is 5.70. The molecule has 1 rings (SSSR count). The zero-order chi connectivity index (χ0) is 11.1. The van der Waals surface area contributed by atoms with Crippen molar-refractivity contribution in [2.75, 3.05) is 0 Å². The number of benzene rings is 1. The first-order chi connectivity index (χ1) is 7.26. The summed E-state index contributed by atoms with van der Waals surface area (Å²) in [5, 5.41) is 0. The summed E-state index contributed by atoms with van der Waals surface area (Å²) >= 11 is 0. The van der Waals surface area contributed by atoms with Crippen LogP contribution in [0.15, 0.2) is 24.3 Å². The molecule has 1 aromatic carbocycles. The molecule has 0 N–H and O–H groups in total. The van der Waals surface area contributed by atoms with E-state index in [1.165, 1.54) is 5.56 Å². The van der Waals surface area contributed by atoms with Crippen LogP contribution in [0, 0.1) is 6.92 Å². The Morgan fingerprint density at radius 2 is 2.12 bits per heavy atom. The Hall–Kier alpha value is -0.300. The quantitative estimate of drug-likeness (QED) is 0.567. The second-order valence-electron chi connectivity index (χ2n) is 3.64. The van der Waals surface area contributed by atoms with E-state index in [4.69, 9.17) is 9.26 Å². The number of unbranched alkanes of at least 4 members (excludes halogenated alkanes) is 1. The van der Waals surface area contributed by atoms with E-state index in [9.17, 15) is 0 Å². The van der Waals surface area contributed by atoms with Gasteiger partial charge in [-0.3, -0.25) is 0 Å². The molecule has 1 aromatic rings. The first-order valence-corrected chi connectivity index (χ1v) is 5.82. The molecule has 92 valence electrons. The van der Waals surface area contributed by atoms with Crippen LogP contribution in [-0.4, -0.2) is 6.29 Å². The predicted molar refractivity (Wildman–Crippen MR) is 73.2 cm³/mol. The van der Waals surface area contributed by atoms with Crippen LogP contribution in [0.25, 0.3) is 0 Å². The Kier molecular flexibility index (Phi) is 8.64. The zero-order valence-corrected chi connectivity index (χ0v) is 11.8. The lowest BCUT2D eigenvalue weighted by Crippen LogP contribution is -2.16. The molecule has 0 fully saturated rings. The van der Waals surface area contributed by atoms with E-state index < -0.39 is 0 Å². The van der Waals surface area contributed by atoms with Gasteiger partial charge >= 0.3 is 0 Å². The molecule has 0 aromatic heterocycles. The molecule has 4 heteroatoms. The van der Waals surface area contributed by atoms with Crippen molar-refractivity contribution in [1.82, 2.24) is 0 Å². The fraction of sp³-hybridized carbons (Fsp3) is 0.500. The fourth-order valence-corrected chi connectivity index (χ4v) is 1.56. The van der Waals surface area contributed by atoms with Crippen molar-refractivity contribution in [3.05, 3.63) is 29.8 Å². The van der Waals surface area contributed by atoms with Crippen LogP contribution in [0.4, 0.5) is 0 Å². The minimum absolute atomic E-state index is 0. The van der Waals surface area contributed by atoms with Gasteiger partial charge in [0.05, 0.1) is 0 Å². The lowest BCUT2D eigenvalue weighted by atomic mass is 10.2. The molecule has 0 spiro atoms. The number of hydrogen-bond donors (Lipinski definition) is 0. The minimum atomic E-state index is -0.156. The SMILES string of the molecule is CCCCC(OP)Oc1cccc(C)c1.Cl. The third-order valence-electron chi connectivity index (χ3n) is 2.20. The molecule has 0 aliphatic carbocycles. The fourth-order valence-electron chi connectivity index (χ4n) is 1.37. The van der Waals surface area contributed by atoms with Crippen LogP contribution in [0.1, 0.15) is 31.7 Å². The molecule has 0 amide bonds. The van der Waals surface area contributed by atoms with Crippen LogP contribution < -0.4 is 4.74 Å². The molecule has 16 heavy (non-hydrogen) atoms. The van der Waals surface area contributed by atoms with Gasteiger partial charge in [0.15, 0.2) is 0 Å². The van der Waals surface area contributed by atoms with Crippen molar-refractivity contribution >= 4 is 21.9 Å². The van der Waals surface area contributed by atoms with E-state index in [0.29, 0.717) is 0 Å². The zero-order valence-electron chi connectivity index (χ0n) is 9.81. The highest BCUT2D eigenvalue weighted by Gasteiger charge is 2.07. The van der Waals surface area contributed by atoms with Crippen molar-refractivity contribution < 1.29 is 9.26 Å². The third kappa shape index (κ3) is 5.69. The van der Waals surface area contributed by atoms with Crippen LogP contribution in [0.2, 0.25) is 0 Å². The number of hydrogen-bond acceptors (Lipinski definition) is 2. The second-order valence-corrected chi connectivity index (χ2v) is 3.91. The van der Waals surface area contributed by atoms with Gasteiger partial charge in [-0.05, 0) is 31.0 Å². The Bertz CT molecular complexity index is 294. The summed E-state index contributed by atoms with van der Waals surface area (Å²) in [4.78, 5) is 0. The van der Waals surface area contributed by atoms with Gasteiger partial charge in [-0.25, -0.2) is 0 Å². The van der Waals surface area contributed by atoms with E-state index in [0.717, 1.165) is 25.0 Å². The second kappa shape index (κ2) is 8.81. The van der Waals surface area contributed by atoms with Crippen LogP contribution >= 0.6 is 21.9 Å². The summed E-state index contributed by atoms with van der Waals surface area (Å²) in [6.07, 6.45) is 3.04. The Morgan fingerprint density at radius 1 is 1.38 bits per heavy atom. The van der Waals surface area contributed by atoms with Gasteiger partial charge in [-0.1, -0.05) is 25.5 Å². The highest BCUT2D eigenvalue weighted by molar-refractivity contribution is 7.09. The topological polar surface area (TPSA) is 18.5 Å². The number of ether oxygens (including phenoxy) is 1. The molecule has 0 aliphatic rings. The van der Waals surface area contributed by atoms with Gasteiger partial charge < -0.3 is 9.26 Å². The molecule has 0 aliphatic heterocycles. The summed E-state index contributed by atoms with van der Waals surface area (Å²) in [6, 6.07) is 8.01. The van der Waals surface area contributed by atoms with E-state index in [1.807, 2.05) is 18.2 Å². The Morgan fingerprint density at radius 3 is 2.69 bits per heavy atom. The summed E-state index contributed by atoms with van der Waals surface area (Å²) < 4.78 is 10.9. The lowest BCUT2D eigenvalue weighted by Gasteiger charge is -2.17. The largest absolute Gasteiger partial charge is 0.465 e. The maximum Gasteiger partial charge on any atom is 0.202 e. The van der Waals surface area contributed by atoms with Gasteiger partial charge in [0.1, 0.15) is 5.75 Å². The summed E-state index contributed by atoms with van der Waals surface area (Å²) in [5.74, 6) is 0.874.